The third-order valence-electron chi connectivity index (χ3n) is 5.28. The van der Waals surface area contributed by atoms with Crippen LogP contribution in [0.5, 0.6) is 0 Å². The van der Waals surface area contributed by atoms with Crippen molar-refractivity contribution in [2.45, 2.75) is 64.8 Å². The molecule has 0 heterocycles. The average molecular weight is 252 g/mol. The number of hydrogen-bond donors (Lipinski definition) is 2. The number of nitrogens with two attached hydrogens (primary N) is 1. The van der Waals surface area contributed by atoms with Crippen molar-refractivity contribution in [3.05, 3.63) is 0 Å². The van der Waals surface area contributed by atoms with Gasteiger partial charge in [-0.2, -0.15) is 0 Å². The molecule has 0 aromatic rings. The molecule has 2 saturated carbocycles. The summed E-state index contributed by atoms with van der Waals surface area (Å²) >= 11 is 0. The van der Waals surface area contributed by atoms with Crippen LogP contribution in [0.2, 0.25) is 0 Å². The van der Waals surface area contributed by atoms with Crippen molar-refractivity contribution >= 4 is 5.91 Å². The molecule has 2 aliphatic rings. The molecule has 0 aromatic heterocycles. The molecule has 0 radical (unpaired) electrons. The Morgan fingerprint density at radius 3 is 2.39 bits per heavy atom. The lowest BCUT2D eigenvalue weighted by Crippen LogP contribution is -2.44. The normalized spacial score (nSPS) is 31.7. The number of carbonyl (C=O) groups excluding carboxylic acids is 1. The van der Waals surface area contributed by atoms with Gasteiger partial charge in [-0.15, -0.1) is 0 Å². The van der Waals surface area contributed by atoms with Gasteiger partial charge in [0.05, 0.1) is 5.41 Å². The van der Waals surface area contributed by atoms with Gasteiger partial charge in [-0.25, -0.2) is 0 Å². The SMILES string of the molecule is CCC(C)[C@H]1CC[C@H](NC(=O)C2(CN)CC2)CC1. The minimum Gasteiger partial charge on any atom is -0.353 e. The zero-order valence-electron chi connectivity index (χ0n) is 11.9. The minimum absolute atomic E-state index is 0.187. The Hall–Kier alpha value is -0.570. The van der Waals surface area contributed by atoms with Gasteiger partial charge >= 0.3 is 0 Å². The van der Waals surface area contributed by atoms with Crippen molar-refractivity contribution in [2.75, 3.05) is 6.54 Å². The summed E-state index contributed by atoms with van der Waals surface area (Å²) in [5.41, 5.74) is 5.51. The fourth-order valence-corrected chi connectivity index (χ4v) is 3.18. The largest absolute Gasteiger partial charge is 0.353 e. The molecule has 0 spiro atoms. The first-order valence-corrected chi connectivity index (χ1v) is 7.62. The van der Waals surface area contributed by atoms with E-state index >= 15 is 0 Å². The molecule has 104 valence electrons. The van der Waals surface area contributed by atoms with Crippen LogP contribution >= 0.6 is 0 Å². The summed E-state index contributed by atoms with van der Waals surface area (Å²) in [5, 5.41) is 3.23. The maximum Gasteiger partial charge on any atom is 0.227 e. The first kappa shape index (κ1) is 13.9. The predicted octanol–water partition coefficient (Wildman–Crippen LogP) is 2.45. The Morgan fingerprint density at radius 2 is 1.94 bits per heavy atom. The highest BCUT2D eigenvalue weighted by molar-refractivity contribution is 5.85. The highest BCUT2D eigenvalue weighted by atomic mass is 16.2. The van der Waals surface area contributed by atoms with Crippen molar-refractivity contribution in [3.63, 3.8) is 0 Å². The molecule has 0 aromatic carbocycles. The summed E-state index contributed by atoms with van der Waals surface area (Å²) in [4.78, 5) is 12.1. The second kappa shape index (κ2) is 5.60. The van der Waals surface area contributed by atoms with Gasteiger partial charge in [0, 0.05) is 12.6 Å². The molecule has 2 aliphatic carbocycles. The van der Waals surface area contributed by atoms with E-state index < -0.39 is 0 Å². The van der Waals surface area contributed by atoms with Crippen LogP contribution < -0.4 is 11.1 Å². The van der Waals surface area contributed by atoms with E-state index in [9.17, 15) is 4.79 Å². The Bertz CT molecular complexity index is 291. The minimum atomic E-state index is -0.187. The van der Waals surface area contributed by atoms with Gasteiger partial charge in [0.15, 0.2) is 0 Å². The lowest BCUT2D eigenvalue weighted by atomic mass is 9.78. The number of rotatable bonds is 5. The van der Waals surface area contributed by atoms with Gasteiger partial charge in [-0.1, -0.05) is 20.3 Å². The quantitative estimate of drug-likeness (QED) is 0.789. The van der Waals surface area contributed by atoms with E-state index in [0.29, 0.717) is 12.6 Å². The van der Waals surface area contributed by atoms with E-state index in [-0.39, 0.29) is 11.3 Å². The molecule has 2 fully saturated rings. The molecule has 0 aliphatic heterocycles. The third-order valence-corrected chi connectivity index (χ3v) is 5.28. The van der Waals surface area contributed by atoms with Crippen LogP contribution in [0.3, 0.4) is 0 Å². The van der Waals surface area contributed by atoms with Crippen LogP contribution in [-0.2, 0) is 4.79 Å². The summed E-state index contributed by atoms with van der Waals surface area (Å²) in [6.07, 6.45) is 8.10. The predicted molar refractivity (Wildman–Crippen MR) is 74.1 cm³/mol. The fraction of sp³-hybridized carbons (Fsp3) is 0.933. The maximum atomic E-state index is 12.1. The monoisotopic (exact) mass is 252 g/mol. The molecule has 0 saturated heterocycles. The van der Waals surface area contributed by atoms with Crippen LogP contribution in [0, 0.1) is 17.3 Å². The van der Waals surface area contributed by atoms with Gasteiger partial charge < -0.3 is 11.1 Å². The summed E-state index contributed by atoms with van der Waals surface area (Å²) in [6, 6.07) is 0.404. The van der Waals surface area contributed by atoms with E-state index in [1.54, 1.807) is 0 Å². The molecule has 3 nitrogen and oxygen atoms in total. The zero-order chi connectivity index (χ0) is 13.2. The topological polar surface area (TPSA) is 55.1 Å². The standard InChI is InChI=1S/C15H28N2O/c1-3-11(2)12-4-6-13(7-5-12)17-14(18)15(10-16)8-9-15/h11-13H,3-10,16H2,1-2H3,(H,17,18)/t11?,12-,13-. The third kappa shape index (κ3) is 2.87. The van der Waals surface area contributed by atoms with Crippen LogP contribution in [0.15, 0.2) is 0 Å². The summed E-state index contributed by atoms with van der Waals surface area (Å²) < 4.78 is 0. The Labute approximate surface area is 111 Å². The summed E-state index contributed by atoms with van der Waals surface area (Å²) in [6.45, 7) is 5.15. The van der Waals surface area contributed by atoms with Crippen LogP contribution in [0.1, 0.15) is 58.8 Å². The highest BCUT2D eigenvalue weighted by Crippen LogP contribution is 2.45. The highest BCUT2D eigenvalue weighted by Gasteiger charge is 2.49. The first-order chi connectivity index (χ1) is 8.61. The van der Waals surface area contributed by atoms with Crippen molar-refractivity contribution < 1.29 is 4.79 Å². The number of hydrogen-bond acceptors (Lipinski definition) is 2. The van der Waals surface area contributed by atoms with E-state index in [0.717, 1.165) is 37.5 Å². The Morgan fingerprint density at radius 1 is 1.33 bits per heavy atom. The van der Waals surface area contributed by atoms with E-state index in [4.69, 9.17) is 5.73 Å². The molecule has 2 rings (SSSR count). The fourth-order valence-electron chi connectivity index (χ4n) is 3.18. The Balaban J connectivity index is 1.75. The summed E-state index contributed by atoms with van der Waals surface area (Å²) in [7, 11) is 0. The number of carbonyl (C=O) groups is 1. The number of amides is 1. The van der Waals surface area contributed by atoms with Crippen molar-refractivity contribution in [1.82, 2.24) is 5.32 Å². The van der Waals surface area contributed by atoms with Gasteiger partial charge in [-0.3, -0.25) is 4.79 Å². The van der Waals surface area contributed by atoms with Crippen molar-refractivity contribution in [2.24, 2.45) is 23.0 Å². The Kier molecular flexibility index (Phi) is 4.31. The molecule has 0 bridgehead atoms. The van der Waals surface area contributed by atoms with Crippen LogP contribution in [-0.4, -0.2) is 18.5 Å². The molecule has 18 heavy (non-hydrogen) atoms. The second-order valence-electron chi connectivity index (χ2n) is 6.46. The molecule has 1 unspecified atom stereocenters. The maximum absolute atomic E-state index is 12.1. The average Bonchev–Trinajstić information content (AvgIpc) is 3.19. The molecule has 1 atom stereocenters. The number of nitrogens with one attached hydrogen (secondary N) is 1. The molecule has 3 heteroatoms. The van der Waals surface area contributed by atoms with Gasteiger partial charge in [0.2, 0.25) is 5.91 Å². The lowest BCUT2D eigenvalue weighted by molar-refractivity contribution is -0.127. The van der Waals surface area contributed by atoms with Gasteiger partial charge in [0.25, 0.3) is 0 Å². The van der Waals surface area contributed by atoms with Crippen molar-refractivity contribution in [1.29, 1.82) is 0 Å². The molecule has 1 amide bonds. The van der Waals surface area contributed by atoms with Gasteiger partial charge in [-0.05, 0) is 50.4 Å². The van der Waals surface area contributed by atoms with Crippen molar-refractivity contribution in [3.8, 4) is 0 Å². The second-order valence-corrected chi connectivity index (χ2v) is 6.46. The smallest absolute Gasteiger partial charge is 0.227 e. The van der Waals surface area contributed by atoms with E-state index in [1.807, 2.05) is 0 Å². The first-order valence-electron chi connectivity index (χ1n) is 7.62. The van der Waals surface area contributed by atoms with Crippen LogP contribution in [0.25, 0.3) is 0 Å². The summed E-state index contributed by atoms with van der Waals surface area (Å²) in [5.74, 6) is 1.92. The van der Waals surface area contributed by atoms with E-state index in [2.05, 4.69) is 19.2 Å². The molecular formula is C15H28N2O. The molecule has 3 N–H and O–H groups in total. The van der Waals surface area contributed by atoms with Crippen LogP contribution in [0.4, 0.5) is 0 Å². The molecular weight excluding hydrogens is 224 g/mol. The zero-order valence-corrected chi connectivity index (χ0v) is 11.9. The van der Waals surface area contributed by atoms with Gasteiger partial charge in [0.1, 0.15) is 0 Å². The van der Waals surface area contributed by atoms with E-state index in [1.165, 1.54) is 19.3 Å². The lowest BCUT2D eigenvalue weighted by Gasteiger charge is -2.33.